The topological polar surface area (TPSA) is 176 Å². The van der Waals surface area contributed by atoms with Gasteiger partial charge in [0.25, 0.3) is 0 Å². The van der Waals surface area contributed by atoms with Gasteiger partial charge in [0.2, 0.25) is 5.95 Å². The summed E-state index contributed by atoms with van der Waals surface area (Å²) in [5.74, 6) is -0.160. The van der Waals surface area contributed by atoms with Crippen LogP contribution >= 0.6 is 7.75 Å². The zero-order chi connectivity index (χ0) is 29.0. The lowest BCUT2D eigenvalue weighted by atomic mass is 10.2. The van der Waals surface area contributed by atoms with Gasteiger partial charge in [-0.1, -0.05) is 18.2 Å². The van der Waals surface area contributed by atoms with E-state index in [-0.39, 0.29) is 17.3 Å². The van der Waals surface area contributed by atoms with Gasteiger partial charge in [0.1, 0.15) is 24.0 Å². The summed E-state index contributed by atoms with van der Waals surface area (Å²) in [6, 6.07) is 6.96. The number of aliphatic hydroxyl groups is 1. The molecule has 0 spiro atoms. The molecule has 2 aliphatic rings. The van der Waals surface area contributed by atoms with Crippen molar-refractivity contribution in [2.75, 3.05) is 24.7 Å². The van der Waals surface area contributed by atoms with Crippen molar-refractivity contribution in [1.29, 1.82) is 0 Å². The van der Waals surface area contributed by atoms with Gasteiger partial charge in [0.05, 0.1) is 12.4 Å². The number of hydrogen-bond acceptors (Lipinski definition) is 12. The van der Waals surface area contributed by atoms with Crippen LogP contribution in [0.1, 0.15) is 27.0 Å². The Morgan fingerprint density at radius 1 is 1.27 bits per heavy atom. The van der Waals surface area contributed by atoms with Crippen molar-refractivity contribution in [3.63, 3.8) is 0 Å². The number of imidazole rings is 1. The third kappa shape index (κ3) is 4.99. The van der Waals surface area contributed by atoms with E-state index in [1.165, 1.54) is 30.0 Å². The van der Waals surface area contributed by atoms with Crippen LogP contribution in [0, 0.1) is 0 Å². The van der Waals surface area contributed by atoms with Crippen molar-refractivity contribution in [2.45, 2.75) is 63.1 Å². The fourth-order valence-electron chi connectivity index (χ4n) is 4.51. The van der Waals surface area contributed by atoms with Crippen LogP contribution in [-0.2, 0) is 23.4 Å². The highest BCUT2D eigenvalue weighted by atomic mass is 31.2. The molecule has 14 nitrogen and oxygen atoms in total. The average molecular weight is 580 g/mol. The first kappa shape index (κ1) is 28.2. The molecular formula is C24H31FN7O7P. The van der Waals surface area contributed by atoms with Crippen molar-refractivity contribution in [3.05, 3.63) is 36.7 Å². The number of nitrogen functional groups attached to an aromatic ring is 1. The molecule has 0 amide bonds. The van der Waals surface area contributed by atoms with Gasteiger partial charge in [-0.3, -0.25) is 13.9 Å². The molecule has 2 fully saturated rings. The lowest BCUT2D eigenvalue weighted by Gasteiger charge is -2.26. The number of esters is 1. The number of aromatic nitrogens is 4. The van der Waals surface area contributed by atoms with Gasteiger partial charge in [0, 0.05) is 14.1 Å². The second-order valence-corrected chi connectivity index (χ2v) is 11.8. The standard InChI is InChI=1S/C24H31FN7O7P/c1-12(2)36-22(33)13(3)30-40(35,38-14-9-7-6-8-10-14)39-18-17-24(18,34)16(25)21(37-17)32-11-27-15-19(31(4)5)28-23(26)29-20(15)32/h6-13,16-18,21,34H,1-5H3,(H,30,35)(H2,26,28,29)/t13-,16+,17+,18?,21+,24-,40?/m0/s1. The second kappa shape index (κ2) is 10.2. The van der Waals surface area contributed by atoms with Crippen molar-refractivity contribution in [1.82, 2.24) is 24.6 Å². The molecule has 1 aliphatic heterocycles. The minimum atomic E-state index is -4.37. The summed E-state index contributed by atoms with van der Waals surface area (Å²) in [5.41, 5.74) is 4.26. The predicted octanol–water partition coefficient (Wildman–Crippen LogP) is 1.96. The number of rotatable bonds is 10. The number of para-hydroxylation sites is 1. The summed E-state index contributed by atoms with van der Waals surface area (Å²) in [5, 5.41) is 13.7. The largest absolute Gasteiger partial charge is 0.462 e. The van der Waals surface area contributed by atoms with Crippen LogP contribution in [0.3, 0.4) is 0 Å². The second-order valence-electron chi connectivity index (χ2n) is 10.1. The molecule has 40 heavy (non-hydrogen) atoms. The Labute approximate surface area is 229 Å². The molecular weight excluding hydrogens is 548 g/mol. The number of carbonyl (C=O) groups excluding carboxylic acids is 1. The van der Waals surface area contributed by atoms with Crippen LogP contribution in [-0.4, -0.2) is 80.8 Å². The molecule has 0 radical (unpaired) electrons. The van der Waals surface area contributed by atoms with Crippen LogP contribution in [0.25, 0.3) is 11.2 Å². The predicted molar refractivity (Wildman–Crippen MR) is 141 cm³/mol. The maximum absolute atomic E-state index is 15.8. The van der Waals surface area contributed by atoms with E-state index < -0.39 is 56.1 Å². The minimum absolute atomic E-state index is 0.0494. The Balaban J connectivity index is 1.37. The summed E-state index contributed by atoms with van der Waals surface area (Å²) in [6.45, 7) is 4.76. The van der Waals surface area contributed by atoms with Gasteiger partial charge < -0.3 is 29.7 Å². The van der Waals surface area contributed by atoms with Gasteiger partial charge in [-0.25, -0.2) is 13.9 Å². The van der Waals surface area contributed by atoms with Crippen molar-refractivity contribution < 1.29 is 37.4 Å². The highest BCUT2D eigenvalue weighted by Gasteiger charge is 2.80. The number of nitrogens with one attached hydrogen (secondary N) is 1. The third-order valence-electron chi connectivity index (χ3n) is 6.45. The van der Waals surface area contributed by atoms with Gasteiger partial charge in [-0.2, -0.15) is 15.1 Å². The molecule has 16 heteroatoms. The van der Waals surface area contributed by atoms with Gasteiger partial charge in [-0.15, -0.1) is 0 Å². The number of nitrogens with zero attached hydrogens (tertiary/aromatic N) is 5. The highest BCUT2D eigenvalue weighted by Crippen LogP contribution is 2.62. The number of hydrogen-bond donors (Lipinski definition) is 3. The van der Waals surface area contributed by atoms with E-state index in [4.69, 9.17) is 24.3 Å². The van der Waals surface area contributed by atoms with E-state index in [1.807, 2.05) is 0 Å². The van der Waals surface area contributed by atoms with E-state index in [0.717, 1.165) is 0 Å². The van der Waals surface area contributed by atoms with Crippen LogP contribution in [0.4, 0.5) is 16.2 Å². The average Bonchev–Trinajstić information content (AvgIpc) is 3.13. The van der Waals surface area contributed by atoms with E-state index >= 15 is 4.39 Å². The molecule has 1 saturated carbocycles. The zero-order valence-corrected chi connectivity index (χ0v) is 23.4. The summed E-state index contributed by atoms with van der Waals surface area (Å²) >= 11 is 0. The molecule has 0 bridgehead atoms. The quantitative estimate of drug-likeness (QED) is 0.235. The first-order valence-corrected chi connectivity index (χ1v) is 14.1. The molecule has 1 aliphatic carbocycles. The lowest BCUT2D eigenvalue weighted by molar-refractivity contribution is -0.149. The Bertz CT molecular complexity index is 1460. The van der Waals surface area contributed by atoms with Crippen molar-refractivity contribution in [2.24, 2.45) is 0 Å². The Hall–Kier alpha value is -3.36. The zero-order valence-electron chi connectivity index (χ0n) is 22.5. The number of ether oxygens (including phenoxy) is 2. The first-order chi connectivity index (χ1) is 18.8. The third-order valence-corrected chi connectivity index (χ3v) is 8.11. The monoisotopic (exact) mass is 579 g/mol. The van der Waals surface area contributed by atoms with Crippen LogP contribution < -0.4 is 20.2 Å². The molecule has 2 unspecified atom stereocenters. The highest BCUT2D eigenvalue weighted by molar-refractivity contribution is 7.52. The Kier molecular flexibility index (Phi) is 7.21. The smallest absolute Gasteiger partial charge is 0.459 e. The van der Waals surface area contributed by atoms with Crippen LogP contribution in [0.5, 0.6) is 5.75 Å². The number of anilines is 2. The molecule has 3 aromatic rings. The van der Waals surface area contributed by atoms with E-state index in [1.54, 1.807) is 51.0 Å². The van der Waals surface area contributed by atoms with Crippen molar-refractivity contribution in [3.8, 4) is 5.75 Å². The van der Waals surface area contributed by atoms with E-state index in [2.05, 4.69) is 20.0 Å². The molecule has 216 valence electrons. The first-order valence-electron chi connectivity index (χ1n) is 12.5. The number of benzene rings is 1. The summed E-state index contributed by atoms with van der Waals surface area (Å²) in [7, 11) is -0.879. The number of carbonyl (C=O) groups is 1. The van der Waals surface area contributed by atoms with Gasteiger partial charge in [0.15, 0.2) is 35.0 Å². The van der Waals surface area contributed by atoms with Gasteiger partial charge in [-0.05, 0) is 32.9 Å². The van der Waals surface area contributed by atoms with Crippen LogP contribution in [0.15, 0.2) is 36.7 Å². The van der Waals surface area contributed by atoms with Crippen LogP contribution in [0.2, 0.25) is 0 Å². The van der Waals surface area contributed by atoms with Crippen molar-refractivity contribution >= 4 is 36.6 Å². The fraction of sp³-hybridized carbons (Fsp3) is 0.500. The molecule has 4 N–H and O–H groups in total. The SMILES string of the molecule is CC(C)OC(=O)[C@H](C)NP(=O)(Oc1ccccc1)OC1[C@H]2O[C@@H](n3cnc4c(N(C)C)nc(N)nc43)[C@@H](F)[C@@]12O. The molecule has 7 atom stereocenters. The number of fused-ring (bicyclic) bond motifs is 2. The lowest BCUT2D eigenvalue weighted by Crippen LogP contribution is -2.38. The fourth-order valence-corrected chi connectivity index (χ4v) is 6.22. The van der Waals surface area contributed by atoms with Gasteiger partial charge >= 0.3 is 13.7 Å². The molecule has 2 aromatic heterocycles. The van der Waals surface area contributed by atoms with E-state index in [0.29, 0.717) is 11.3 Å². The maximum Gasteiger partial charge on any atom is 0.459 e. The summed E-state index contributed by atoms with van der Waals surface area (Å²) < 4.78 is 53.2. The number of alkyl halides is 1. The number of halogens is 1. The molecule has 1 aromatic carbocycles. The molecule has 1 saturated heterocycles. The minimum Gasteiger partial charge on any atom is -0.462 e. The summed E-state index contributed by atoms with van der Waals surface area (Å²) in [4.78, 5) is 26.7. The molecule has 3 heterocycles. The number of nitrogens with two attached hydrogens (primary N) is 1. The summed E-state index contributed by atoms with van der Waals surface area (Å²) in [6.07, 6.45) is -5.04. The molecule has 5 rings (SSSR count). The Morgan fingerprint density at radius 3 is 2.58 bits per heavy atom. The maximum atomic E-state index is 15.8. The normalized spacial score (nSPS) is 27.7. The Morgan fingerprint density at radius 2 is 1.98 bits per heavy atom. The van der Waals surface area contributed by atoms with E-state index in [9.17, 15) is 14.5 Å².